The monoisotopic (exact) mass is 209 g/mol. The number of rotatable bonds is 3. The van der Waals surface area contributed by atoms with Crippen molar-refractivity contribution in [1.82, 2.24) is 5.32 Å². The first-order valence-corrected chi connectivity index (χ1v) is 5.38. The minimum atomic E-state index is -0.123. The van der Waals surface area contributed by atoms with Crippen LogP contribution < -0.4 is 5.32 Å². The number of halogens is 1. The van der Waals surface area contributed by atoms with E-state index in [2.05, 4.69) is 26.1 Å². The van der Waals surface area contributed by atoms with E-state index in [4.69, 9.17) is 0 Å². The highest BCUT2D eigenvalue weighted by molar-refractivity contribution is 5.24. The average molecular weight is 209 g/mol. The topological polar surface area (TPSA) is 12.0 Å². The second-order valence-corrected chi connectivity index (χ2v) is 5.01. The molecule has 15 heavy (non-hydrogen) atoms. The maximum absolute atomic E-state index is 13.0. The van der Waals surface area contributed by atoms with Crippen LogP contribution in [-0.2, 0) is 6.42 Å². The molecule has 2 heteroatoms. The standard InChI is InChI=1S/C13H20FN/c1-10-9-11(5-6-12(10)14)7-8-15-13(2,3)4/h5-6,9,15H,7-8H2,1-4H3. The molecule has 0 aromatic heterocycles. The van der Waals surface area contributed by atoms with Crippen LogP contribution in [-0.4, -0.2) is 12.1 Å². The molecule has 0 aliphatic carbocycles. The van der Waals surface area contributed by atoms with E-state index in [-0.39, 0.29) is 11.4 Å². The van der Waals surface area contributed by atoms with Crippen molar-refractivity contribution in [2.45, 2.75) is 39.7 Å². The number of benzene rings is 1. The van der Waals surface area contributed by atoms with Gasteiger partial charge in [0.2, 0.25) is 0 Å². The van der Waals surface area contributed by atoms with Crippen molar-refractivity contribution in [3.8, 4) is 0 Å². The summed E-state index contributed by atoms with van der Waals surface area (Å²) in [6.07, 6.45) is 0.943. The molecule has 0 heterocycles. The zero-order chi connectivity index (χ0) is 11.5. The molecule has 0 atom stereocenters. The molecule has 0 fully saturated rings. The van der Waals surface area contributed by atoms with Gasteiger partial charge in [-0.05, 0) is 57.9 Å². The SMILES string of the molecule is Cc1cc(CCNC(C)(C)C)ccc1F. The molecule has 0 radical (unpaired) electrons. The second-order valence-electron chi connectivity index (χ2n) is 5.01. The van der Waals surface area contributed by atoms with Crippen LogP contribution in [0.4, 0.5) is 4.39 Å². The summed E-state index contributed by atoms with van der Waals surface area (Å²) in [4.78, 5) is 0. The van der Waals surface area contributed by atoms with Crippen molar-refractivity contribution in [2.24, 2.45) is 0 Å². The molecular formula is C13H20FN. The minimum absolute atomic E-state index is 0.123. The molecule has 0 unspecified atom stereocenters. The molecule has 1 nitrogen and oxygen atoms in total. The van der Waals surface area contributed by atoms with Gasteiger partial charge in [-0.25, -0.2) is 4.39 Å². The van der Waals surface area contributed by atoms with Crippen LogP contribution in [0, 0.1) is 12.7 Å². The Morgan fingerprint density at radius 1 is 1.27 bits per heavy atom. The Labute approximate surface area is 91.7 Å². The van der Waals surface area contributed by atoms with Crippen molar-refractivity contribution < 1.29 is 4.39 Å². The number of nitrogens with one attached hydrogen (secondary N) is 1. The Morgan fingerprint density at radius 3 is 2.47 bits per heavy atom. The highest BCUT2D eigenvalue weighted by Gasteiger charge is 2.07. The maximum atomic E-state index is 13.0. The van der Waals surface area contributed by atoms with Crippen LogP contribution in [0.3, 0.4) is 0 Å². The van der Waals surface area contributed by atoms with Gasteiger partial charge in [0.1, 0.15) is 5.82 Å². The van der Waals surface area contributed by atoms with E-state index in [1.54, 1.807) is 13.0 Å². The lowest BCUT2D eigenvalue weighted by atomic mass is 10.1. The van der Waals surface area contributed by atoms with Gasteiger partial charge in [0.25, 0.3) is 0 Å². The van der Waals surface area contributed by atoms with E-state index in [0.29, 0.717) is 0 Å². The van der Waals surface area contributed by atoms with Crippen molar-refractivity contribution in [3.63, 3.8) is 0 Å². The van der Waals surface area contributed by atoms with Crippen LogP contribution >= 0.6 is 0 Å². The lowest BCUT2D eigenvalue weighted by Crippen LogP contribution is -2.37. The zero-order valence-corrected chi connectivity index (χ0v) is 10.0. The third kappa shape index (κ3) is 4.43. The van der Waals surface area contributed by atoms with Gasteiger partial charge in [0.15, 0.2) is 0 Å². The summed E-state index contributed by atoms with van der Waals surface area (Å²) in [6, 6.07) is 5.31. The number of hydrogen-bond acceptors (Lipinski definition) is 1. The average Bonchev–Trinajstić information content (AvgIpc) is 2.09. The van der Waals surface area contributed by atoms with E-state index in [9.17, 15) is 4.39 Å². The Bertz CT molecular complexity index is 326. The van der Waals surface area contributed by atoms with Gasteiger partial charge >= 0.3 is 0 Å². The van der Waals surface area contributed by atoms with Crippen LogP contribution in [0.1, 0.15) is 31.9 Å². The fraction of sp³-hybridized carbons (Fsp3) is 0.538. The predicted molar refractivity (Wildman–Crippen MR) is 62.6 cm³/mol. The molecular weight excluding hydrogens is 189 g/mol. The lowest BCUT2D eigenvalue weighted by Gasteiger charge is -2.20. The Balaban J connectivity index is 2.48. The molecule has 0 amide bonds. The van der Waals surface area contributed by atoms with Gasteiger partial charge < -0.3 is 5.32 Å². The van der Waals surface area contributed by atoms with Gasteiger partial charge in [-0.1, -0.05) is 12.1 Å². The highest BCUT2D eigenvalue weighted by Crippen LogP contribution is 2.09. The van der Waals surface area contributed by atoms with Gasteiger partial charge in [0, 0.05) is 5.54 Å². The van der Waals surface area contributed by atoms with Gasteiger partial charge in [-0.15, -0.1) is 0 Å². The number of hydrogen-bond donors (Lipinski definition) is 1. The van der Waals surface area contributed by atoms with E-state index in [1.807, 2.05) is 12.1 Å². The summed E-state index contributed by atoms with van der Waals surface area (Å²) in [5.41, 5.74) is 2.06. The third-order valence-electron chi connectivity index (χ3n) is 2.29. The first-order valence-electron chi connectivity index (χ1n) is 5.38. The lowest BCUT2D eigenvalue weighted by molar-refractivity contribution is 0.429. The van der Waals surface area contributed by atoms with Gasteiger partial charge in [-0.3, -0.25) is 0 Å². The maximum Gasteiger partial charge on any atom is 0.126 e. The van der Waals surface area contributed by atoms with Crippen LogP contribution in [0.15, 0.2) is 18.2 Å². The van der Waals surface area contributed by atoms with E-state index < -0.39 is 0 Å². The molecule has 0 saturated heterocycles. The molecule has 0 saturated carbocycles. The summed E-state index contributed by atoms with van der Waals surface area (Å²) >= 11 is 0. The summed E-state index contributed by atoms with van der Waals surface area (Å²) in [7, 11) is 0. The number of aryl methyl sites for hydroxylation is 1. The van der Waals surface area contributed by atoms with Gasteiger partial charge in [-0.2, -0.15) is 0 Å². The Hall–Kier alpha value is -0.890. The predicted octanol–water partition coefficient (Wildman–Crippen LogP) is 3.06. The third-order valence-corrected chi connectivity index (χ3v) is 2.29. The minimum Gasteiger partial charge on any atom is -0.312 e. The quantitative estimate of drug-likeness (QED) is 0.806. The summed E-state index contributed by atoms with van der Waals surface area (Å²) < 4.78 is 13.0. The van der Waals surface area contributed by atoms with Crippen molar-refractivity contribution >= 4 is 0 Å². The fourth-order valence-corrected chi connectivity index (χ4v) is 1.44. The normalized spacial score (nSPS) is 11.8. The molecule has 1 aromatic rings. The molecule has 0 aliphatic heterocycles. The first-order chi connectivity index (χ1) is 6.88. The van der Waals surface area contributed by atoms with Crippen LogP contribution in [0.2, 0.25) is 0 Å². The molecule has 0 spiro atoms. The van der Waals surface area contributed by atoms with Crippen LogP contribution in [0.5, 0.6) is 0 Å². The van der Waals surface area contributed by atoms with Crippen molar-refractivity contribution in [2.75, 3.05) is 6.54 Å². The summed E-state index contributed by atoms with van der Waals surface area (Å²) in [6.45, 7) is 9.15. The molecule has 0 aliphatic rings. The summed E-state index contributed by atoms with van der Waals surface area (Å²) in [5, 5.41) is 3.41. The first kappa shape index (κ1) is 12.2. The van der Waals surface area contributed by atoms with Crippen molar-refractivity contribution in [1.29, 1.82) is 0 Å². The molecule has 1 aromatic carbocycles. The second kappa shape index (κ2) is 4.75. The Kier molecular flexibility index (Phi) is 3.86. The largest absolute Gasteiger partial charge is 0.312 e. The molecule has 84 valence electrons. The van der Waals surface area contributed by atoms with Crippen LogP contribution in [0.25, 0.3) is 0 Å². The zero-order valence-electron chi connectivity index (χ0n) is 10.0. The smallest absolute Gasteiger partial charge is 0.126 e. The summed E-state index contributed by atoms with van der Waals surface area (Å²) in [5.74, 6) is -0.123. The van der Waals surface area contributed by atoms with E-state index in [1.165, 1.54) is 5.56 Å². The Morgan fingerprint density at radius 2 is 1.93 bits per heavy atom. The van der Waals surface area contributed by atoms with E-state index in [0.717, 1.165) is 18.5 Å². The van der Waals surface area contributed by atoms with Gasteiger partial charge in [0.05, 0.1) is 0 Å². The van der Waals surface area contributed by atoms with E-state index >= 15 is 0 Å². The highest BCUT2D eigenvalue weighted by atomic mass is 19.1. The molecule has 1 N–H and O–H groups in total. The molecule has 0 bridgehead atoms. The fourth-order valence-electron chi connectivity index (χ4n) is 1.44. The molecule has 1 rings (SSSR count). The van der Waals surface area contributed by atoms with Crippen molar-refractivity contribution in [3.05, 3.63) is 35.1 Å².